The van der Waals surface area contributed by atoms with Crippen molar-refractivity contribution in [1.82, 2.24) is 4.98 Å². The molecule has 0 unspecified atom stereocenters. The Morgan fingerprint density at radius 2 is 2.00 bits per heavy atom. The van der Waals surface area contributed by atoms with Gasteiger partial charge in [-0.15, -0.1) is 0 Å². The molecule has 0 atom stereocenters. The van der Waals surface area contributed by atoms with Crippen molar-refractivity contribution in [1.29, 1.82) is 0 Å². The third-order valence-corrected chi connectivity index (χ3v) is 2.80. The summed E-state index contributed by atoms with van der Waals surface area (Å²) in [5.41, 5.74) is 0.399. The lowest BCUT2D eigenvalue weighted by Crippen LogP contribution is -2.13. The highest BCUT2D eigenvalue weighted by Crippen LogP contribution is 2.28. The summed E-state index contributed by atoms with van der Waals surface area (Å²) in [6.45, 7) is 5.88. The van der Waals surface area contributed by atoms with Crippen molar-refractivity contribution in [3.8, 4) is 0 Å². The highest BCUT2D eigenvalue weighted by atomic mass is 127. The highest BCUT2D eigenvalue weighted by molar-refractivity contribution is 14.1. The van der Waals surface area contributed by atoms with Gasteiger partial charge in [0.05, 0.1) is 5.69 Å². The van der Waals surface area contributed by atoms with Gasteiger partial charge in [-0.1, -0.05) is 32.1 Å². The highest BCUT2D eigenvalue weighted by Gasteiger charge is 2.22. The van der Waals surface area contributed by atoms with E-state index >= 15 is 0 Å². The van der Waals surface area contributed by atoms with Crippen LogP contribution in [-0.2, 0) is 5.41 Å². The lowest BCUT2D eigenvalue weighted by atomic mass is 9.93. The van der Waals surface area contributed by atoms with Crippen LogP contribution in [0.1, 0.15) is 26.5 Å². The molecule has 1 heterocycles. The molecule has 0 aromatic carbocycles. The predicted octanol–water partition coefficient (Wildman–Crippen LogP) is 3.18. The first kappa shape index (κ1) is 9.38. The van der Waals surface area contributed by atoms with Crippen LogP contribution in [0.15, 0.2) is 0 Å². The number of hydrogen-bond donors (Lipinski definition) is 0. The topological polar surface area (TPSA) is 12.9 Å². The van der Waals surface area contributed by atoms with Crippen LogP contribution in [0.4, 0.5) is 4.39 Å². The number of aromatic nitrogens is 1. The van der Waals surface area contributed by atoms with Gasteiger partial charge < -0.3 is 0 Å². The maximum Gasteiger partial charge on any atom is 0.200 e. The summed E-state index contributed by atoms with van der Waals surface area (Å²) in [6, 6.07) is 0. The Hall–Kier alpha value is 0.290. The summed E-state index contributed by atoms with van der Waals surface area (Å²) < 4.78 is 13.8. The van der Waals surface area contributed by atoms with Crippen molar-refractivity contribution < 1.29 is 4.39 Å². The Labute approximate surface area is 83.2 Å². The van der Waals surface area contributed by atoms with Gasteiger partial charge in [0.1, 0.15) is 0 Å². The van der Waals surface area contributed by atoms with Gasteiger partial charge in [0.25, 0.3) is 0 Å². The summed E-state index contributed by atoms with van der Waals surface area (Å²) in [5, 5.41) is -0.151. The Morgan fingerprint density at radius 3 is 2.18 bits per heavy atom. The molecule has 0 N–H and O–H groups in total. The second kappa shape index (κ2) is 2.97. The van der Waals surface area contributed by atoms with Crippen LogP contribution in [0.2, 0.25) is 0 Å². The largest absolute Gasteiger partial charge is 0.231 e. The third-order valence-electron chi connectivity index (χ3n) is 1.27. The molecule has 0 aliphatic carbocycles. The molecule has 0 fully saturated rings. The molecule has 0 saturated heterocycles. The molecule has 0 aliphatic rings. The van der Waals surface area contributed by atoms with Crippen molar-refractivity contribution in [2.24, 2.45) is 0 Å². The molecule has 62 valence electrons. The van der Waals surface area contributed by atoms with Crippen LogP contribution in [0.25, 0.3) is 0 Å². The Morgan fingerprint density at radius 1 is 1.45 bits per heavy atom. The average molecular weight is 285 g/mol. The lowest BCUT2D eigenvalue weighted by Gasteiger charge is -2.14. The van der Waals surface area contributed by atoms with Crippen molar-refractivity contribution in [3.05, 3.63) is 13.8 Å². The quantitative estimate of drug-likeness (QED) is 0.667. The van der Waals surface area contributed by atoms with E-state index in [2.05, 4.69) is 4.98 Å². The number of rotatable bonds is 0. The standard InChI is InChI=1S/C7H9FINS/c1-7(2,3)4-5(8)11-6(9)10-4/h1-3H3. The molecule has 0 spiro atoms. The molecule has 1 aromatic heterocycles. The molecule has 1 rings (SSSR count). The molecule has 11 heavy (non-hydrogen) atoms. The maximum atomic E-state index is 13.1. The molecule has 0 bridgehead atoms. The van der Waals surface area contributed by atoms with Crippen LogP contribution >= 0.6 is 33.9 Å². The molecular weight excluding hydrogens is 276 g/mol. The fraction of sp³-hybridized carbons (Fsp3) is 0.571. The number of hydrogen-bond acceptors (Lipinski definition) is 2. The smallest absolute Gasteiger partial charge is 0.200 e. The maximum absolute atomic E-state index is 13.1. The van der Waals surface area contributed by atoms with Gasteiger partial charge in [0, 0.05) is 5.41 Å². The zero-order valence-corrected chi connectivity index (χ0v) is 9.59. The van der Waals surface area contributed by atoms with E-state index in [-0.39, 0.29) is 10.5 Å². The van der Waals surface area contributed by atoms with Gasteiger partial charge in [-0.05, 0) is 22.6 Å². The Kier molecular flexibility index (Phi) is 2.53. The van der Waals surface area contributed by atoms with Crippen LogP contribution in [0.5, 0.6) is 0 Å². The van der Waals surface area contributed by atoms with Crippen molar-refractivity contribution in [2.75, 3.05) is 0 Å². The zero-order chi connectivity index (χ0) is 8.65. The molecule has 0 aliphatic heterocycles. The van der Waals surface area contributed by atoms with Crippen LogP contribution in [-0.4, -0.2) is 4.98 Å². The summed E-state index contributed by atoms with van der Waals surface area (Å²) >= 11 is 3.14. The average Bonchev–Trinajstić information content (AvgIpc) is 2.08. The zero-order valence-electron chi connectivity index (χ0n) is 6.61. The van der Waals surface area contributed by atoms with E-state index in [9.17, 15) is 4.39 Å². The van der Waals surface area contributed by atoms with E-state index in [0.29, 0.717) is 5.69 Å². The lowest BCUT2D eigenvalue weighted by molar-refractivity contribution is 0.520. The van der Waals surface area contributed by atoms with Crippen molar-refractivity contribution >= 4 is 33.9 Å². The van der Waals surface area contributed by atoms with Gasteiger partial charge in [0.2, 0.25) is 5.13 Å². The van der Waals surface area contributed by atoms with Gasteiger partial charge in [-0.25, -0.2) is 4.98 Å². The van der Waals surface area contributed by atoms with Gasteiger partial charge >= 0.3 is 0 Å². The van der Waals surface area contributed by atoms with Crippen LogP contribution < -0.4 is 0 Å². The summed E-state index contributed by atoms with van der Waals surface area (Å²) in [4.78, 5) is 4.11. The number of thiazole rings is 1. The molecule has 0 saturated carbocycles. The van der Waals surface area contributed by atoms with Crippen molar-refractivity contribution in [2.45, 2.75) is 26.2 Å². The molecule has 0 radical (unpaired) electrons. The minimum Gasteiger partial charge on any atom is -0.231 e. The summed E-state index contributed by atoms with van der Waals surface area (Å²) in [7, 11) is 0. The fourth-order valence-corrected chi connectivity index (χ4v) is 2.29. The van der Waals surface area contributed by atoms with Gasteiger partial charge in [-0.3, -0.25) is 0 Å². The molecule has 4 heteroatoms. The summed E-state index contributed by atoms with van der Waals surface area (Å²) in [5.74, 6) is 0. The molecule has 0 amide bonds. The van der Waals surface area contributed by atoms with Crippen LogP contribution in [0, 0.1) is 8.15 Å². The molecule has 1 aromatic rings. The SMILES string of the molecule is CC(C)(C)c1nc(I)sc1F. The molecular formula is C7H9FINS. The fourth-order valence-electron chi connectivity index (χ4n) is 0.739. The summed E-state index contributed by atoms with van der Waals surface area (Å²) in [6.07, 6.45) is 0. The minimum absolute atomic E-state index is 0.151. The normalized spacial score (nSPS) is 12.1. The van der Waals surface area contributed by atoms with E-state index in [1.165, 1.54) is 0 Å². The first-order valence-electron chi connectivity index (χ1n) is 3.23. The van der Waals surface area contributed by atoms with E-state index in [1.807, 2.05) is 43.4 Å². The van der Waals surface area contributed by atoms with E-state index < -0.39 is 0 Å². The second-order valence-corrected chi connectivity index (χ2v) is 6.04. The van der Waals surface area contributed by atoms with Crippen LogP contribution in [0.3, 0.4) is 0 Å². The first-order chi connectivity index (χ1) is 4.91. The minimum atomic E-state index is -0.177. The second-order valence-electron chi connectivity index (χ2n) is 3.34. The van der Waals surface area contributed by atoms with Gasteiger partial charge in [-0.2, -0.15) is 4.39 Å². The number of nitrogens with zero attached hydrogens (tertiary/aromatic N) is 1. The van der Waals surface area contributed by atoms with Gasteiger partial charge in [0.15, 0.2) is 3.01 Å². The monoisotopic (exact) mass is 285 g/mol. The molecule has 1 nitrogen and oxygen atoms in total. The Balaban J connectivity index is 3.13. The third kappa shape index (κ3) is 2.11. The van der Waals surface area contributed by atoms with E-state index in [4.69, 9.17) is 0 Å². The first-order valence-corrected chi connectivity index (χ1v) is 5.13. The van der Waals surface area contributed by atoms with E-state index in [1.54, 1.807) is 0 Å². The predicted molar refractivity (Wildman–Crippen MR) is 53.5 cm³/mol. The van der Waals surface area contributed by atoms with Crippen molar-refractivity contribution in [3.63, 3.8) is 0 Å². The Bertz CT molecular complexity index is 264. The number of halogens is 2. The van der Waals surface area contributed by atoms with E-state index in [0.717, 1.165) is 14.4 Å².